The minimum absolute atomic E-state index is 0.108. The quantitative estimate of drug-likeness (QED) is 0.520. The lowest BCUT2D eigenvalue weighted by Gasteiger charge is -2.10. The van der Waals surface area contributed by atoms with Crippen molar-refractivity contribution < 1.29 is 4.79 Å². The molecule has 152 valence electrons. The van der Waals surface area contributed by atoms with Crippen LogP contribution in [0.2, 0.25) is 0 Å². The largest absolute Gasteiger partial charge is 0.305 e. The van der Waals surface area contributed by atoms with Crippen LogP contribution in [-0.4, -0.2) is 20.4 Å². The van der Waals surface area contributed by atoms with Crippen molar-refractivity contribution in [2.45, 2.75) is 34.2 Å². The third-order valence-corrected chi connectivity index (χ3v) is 5.97. The standard InChI is InChI=1S/C23H22N4O2S/c1-5-27-20-9-8-17(11-18(20)24-15(4)22(27)29)21(28)26-23-25-19(12-30-23)16-7-6-13(2)14(3)10-16/h6-12H,5H2,1-4H3,(H,25,26,28). The minimum Gasteiger partial charge on any atom is -0.305 e. The SMILES string of the molecule is CCn1c(=O)c(C)nc2cc(C(=O)Nc3nc(-c4ccc(C)c(C)c4)cs3)ccc21. The summed E-state index contributed by atoms with van der Waals surface area (Å²) in [4.78, 5) is 33.9. The van der Waals surface area contributed by atoms with Gasteiger partial charge in [-0.15, -0.1) is 11.3 Å². The van der Waals surface area contributed by atoms with Crippen LogP contribution in [0.5, 0.6) is 0 Å². The first-order chi connectivity index (χ1) is 14.4. The van der Waals surface area contributed by atoms with Gasteiger partial charge in [0.2, 0.25) is 0 Å². The van der Waals surface area contributed by atoms with Crippen LogP contribution >= 0.6 is 11.3 Å². The zero-order valence-corrected chi connectivity index (χ0v) is 18.1. The van der Waals surface area contributed by atoms with Gasteiger partial charge in [-0.05, 0) is 63.1 Å². The molecule has 0 fully saturated rings. The molecule has 6 nitrogen and oxygen atoms in total. The molecule has 4 rings (SSSR count). The Labute approximate surface area is 178 Å². The first-order valence-electron chi connectivity index (χ1n) is 9.73. The Hall–Kier alpha value is -3.32. The number of aryl methyl sites for hydroxylation is 4. The predicted octanol–water partition coefficient (Wildman–Crippen LogP) is 4.72. The van der Waals surface area contributed by atoms with E-state index in [1.54, 1.807) is 29.7 Å². The van der Waals surface area contributed by atoms with Crippen molar-refractivity contribution in [3.8, 4) is 11.3 Å². The summed E-state index contributed by atoms with van der Waals surface area (Å²) >= 11 is 1.39. The van der Waals surface area contributed by atoms with E-state index in [0.717, 1.165) is 16.8 Å². The molecular formula is C23H22N4O2S. The number of rotatable bonds is 4. The van der Waals surface area contributed by atoms with E-state index in [4.69, 9.17) is 0 Å². The second-order valence-corrected chi connectivity index (χ2v) is 8.10. The molecule has 0 radical (unpaired) electrons. The Balaban J connectivity index is 1.60. The third kappa shape index (κ3) is 3.64. The molecule has 7 heteroatoms. The first-order valence-corrected chi connectivity index (χ1v) is 10.6. The second-order valence-electron chi connectivity index (χ2n) is 7.24. The summed E-state index contributed by atoms with van der Waals surface area (Å²) in [6.45, 7) is 8.29. The van der Waals surface area contributed by atoms with E-state index in [1.165, 1.54) is 22.5 Å². The molecule has 0 spiro atoms. The third-order valence-electron chi connectivity index (χ3n) is 5.21. The number of anilines is 1. The minimum atomic E-state index is -0.258. The summed E-state index contributed by atoms with van der Waals surface area (Å²) in [5.74, 6) is -0.258. The van der Waals surface area contributed by atoms with Crippen LogP contribution in [0.4, 0.5) is 5.13 Å². The lowest BCUT2D eigenvalue weighted by atomic mass is 10.1. The van der Waals surface area contributed by atoms with Gasteiger partial charge in [0.25, 0.3) is 11.5 Å². The molecule has 4 aromatic rings. The van der Waals surface area contributed by atoms with Crippen LogP contribution < -0.4 is 10.9 Å². The molecule has 0 bridgehead atoms. The number of carbonyl (C=O) groups excluding carboxylic acids is 1. The maximum Gasteiger partial charge on any atom is 0.272 e. The number of fused-ring (bicyclic) bond motifs is 1. The topological polar surface area (TPSA) is 76.9 Å². The van der Waals surface area contributed by atoms with Crippen LogP contribution in [0.3, 0.4) is 0 Å². The highest BCUT2D eigenvalue weighted by Crippen LogP contribution is 2.27. The van der Waals surface area contributed by atoms with Gasteiger partial charge in [0, 0.05) is 23.1 Å². The average molecular weight is 419 g/mol. The van der Waals surface area contributed by atoms with Crippen LogP contribution in [0, 0.1) is 20.8 Å². The number of hydrogen-bond donors (Lipinski definition) is 1. The lowest BCUT2D eigenvalue weighted by Crippen LogP contribution is -2.23. The summed E-state index contributed by atoms with van der Waals surface area (Å²) in [5.41, 5.74) is 6.42. The van der Waals surface area contributed by atoms with Gasteiger partial charge in [-0.25, -0.2) is 9.97 Å². The Bertz CT molecular complexity index is 1340. The Morgan fingerprint density at radius 2 is 1.87 bits per heavy atom. The maximum absolute atomic E-state index is 12.8. The van der Waals surface area contributed by atoms with Crippen LogP contribution in [0.1, 0.15) is 34.1 Å². The number of aromatic nitrogens is 3. The van der Waals surface area contributed by atoms with E-state index < -0.39 is 0 Å². The summed E-state index contributed by atoms with van der Waals surface area (Å²) in [6.07, 6.45) is 0. The molecular weight excluding hydrogens is 396 g/mol. The fourth-order valence-electron chi connectivity index (χ4n) is 3.36. The average Bonchev–Trinajstić information content (AvgIpc) is 3.19. The summed E-state index contributed by atoms with van der Waals surface area (Å²) in [5, 5.41) is 5.34. The highest BCUT2D eigenvalue weighted by atomic mass is 32.1. The van der Waals surface area contributed by atoms with Crippen LogP contribution in [0.25, 0.3) is 22.3 Å². The summed E-state index contributed by atoms with van der Waals surface area (Å²) in [6, 6.07) is 11.4. The van der Waals surface area contributed by atoms with E-state index in [-0.39, 0.29) is 11.5 Å². The molecule has 1 amide bonds. The number of thiazole rings is 1. The molecule has 0 unspecified atom stereocenters. The highest BCUT2D eigenvalue weighted by molar-refractivity contribution is 7.14. The summed E-state index contributed by atoms with van der Waals surface area (Å²) in [7, 11) is 0. The second kappa shape index (κ2) is 7.84. The molecule has 0 aliphatic carbocycles. The Morgan fingerprint density at radius 1 is 1.07 bits per heavy atom. The lowest BCUT2D eigenvalue weighted by molar-refractivity contribution is 0.102. The fourth-order valence-corrected chi connectivity index (χ4v) is 4.08. The van der Waals surface area contributed by atoms with Gasteiger partial charge in [-0.1, -0.05) is 12.1 Å². The van der Waals surface area contributed by atoms with E-state index in [1.807, 2.05) is 18.4 Å². The van der Waals surface area contributed by atoms with Gasteiger partial charge in [0.1, 0.15) is 5.69 Å². The Kier molecular flexibility index (Phi) is 5.22. The van der Waals surface area contributed by atoms with Crippen molar-refractivity contribution in [1.29, 1.82) is 0 Å². The van der Waals surface area contributed by atoms with E-state index in [0.29, 0.717) is 28.5 Å². The van der Waals surface area contributed by atoms with Gasteiger partial charge < -0.3 is 4.57 Å². The van der Waals surface area contributed by atoms with Crippen molar-refractivity contribution in [3.63, 3.8) is 0 Å². The van der Waals surface area contributed by atoms with Crippen LogP contribution in [-0.2, 0) is 6.54 Å². The van der Waals surface area contributed by atoms with Crippen molar-refractivity contribution >= 4 is 33.4 Å². The van der Waals surface area contributed by atoms with Gasteiger partial charge in [-0.3, -0.25) is 14.9 Å². The summed E-state index contributed by atoms with van der Waals surface area (Å²) < 4.78 is 1.66. The van der Waals surface area contributed by atoms with Crippen molar-refractivity contribution in [1.82, 2.24) is 14.5 Å². The number of benzene rings is 2. The number of nitrogens with zero attached hydrogens (tertiary/aromatic N) is 3. The van der Waals surface area contributed by atoms with E-state index >= 15 is 0 Å². The molecule has 2 heterocycles. The van der Waals surface area contributed by atoms with Gasteiger partial charge in [0.15, 0.2) is 5.13 Å². The zero-order valence-electron chi connectivity index (χ0n) is 17.3. The normalized spacial score (nSPS) is 11.1. The molecule has 0 aliphatic rings. The highest BCUT2D eigenvalue weighted by Gasteiger charge is 2.13. The molecule has 0 saturated heterocycles. The van der Waals surface area contributed by atoms with Gasteiger partial charge in [0.05, 0.1) is 16.7 Å². The molecule has 1 N–H and O–H groups in total. The molecule has 0 saturated carbocycles. The zero-order chi connectivity index (χ0) is 21.4. The number of nitrogens with one attached hydrogen (secondary N) is 1. The predicted molar refractivity (Wildman–Crippen MR) is 121 cm³/mol. The fraction of sp³-hybridized carbons (Fsp3) is 0.217. The van der Waals surface area contributed by atoms with Crippen molar-refractivity contribution in [2.24, 2.45) is 0 Å². The van der Waals surface area contributed by atoms with E-state index in [2.05, 4.69) is 41.3 Å². The van der Waals surface area contributed by atoms with Crippen molar-refractivity contribution in [3.05, 3.63) is 74.5 Å². The van der Waals surface area contributed by atoms with Gasteiger partial charge in [-0.2, -0.15) is 0 Å². The van der Waals surface area contributed by atoms with Gasteiger partial charge >= 0.3 is 0 Å². The first kappa shape index (κ1) is 20.0. The molecule has 0 atom stereocenters. The smallest absolute Gasteiger partial charge is 0.272 e. The monoisotopic (exact) mass is 418 g/mol. The molecule has 2 aromatic heterocycles. The van der Waals surface area contributed by atoms with Crippen LogP contribution in [0.15, 0.2) is 46.6 Å². The molecule has 0 aliphatic heterocycles. The number of amides is 1. The van der Waals surface area contributed by atoms with E-state index in [9.17, 15) is 9.59 Å². The molecule has 30 heavy (non-hydrogen) atoms. The van der Waals surface area contributed by atoms with Crippen molar-refractivity contribution in [2.75, 3.05) is 5.32 Å². The molecule has 2 aromatic carbocycles. The maximum atomic E-state index is 12.8. The number of hydrogen-bond acceptors (Lipinski definition) is 5. The Morgan fingerprint density at radius 3 is 2.60 bits per heavy atom. The number of carbonyl (C=O) groups is 1.